The van der Waals surface area contributed by atoms with E-state index in [1.165, 1.54) is 63.7 Å². The normalized spacial score (nSPS) is 23.1. The fourth-order valence-corrected chi connectivity index (χ4v) is 8.63. The van der Waals surface area contributed by atoms with Crippen molar-refractivity contribution >= 4 is 13.5 Å². The van der Waals surface area contributed by atoms with E-state index in [-0.39, 0.29) is 5.82 Å². The van der Waals surface area contributed by atoms with Gasteiger partial charge in [-0.2, -0.15) is 0 Å². The average Bonchev–Trinajstić information content (AvgIpc) is 2.64. The van der Waals surface area contributed by atoms with Crippen LogP contribution in [0, 0.1) is 5.82 Å². The van der Waals surface area contributed by atoms with Crippen molar-refractivity contribution in [2.45, 2.75) is 69.4 Å². The van der Waals surface area contributed by atoms with Crippen LogP contribution < -0.4 is 5.19 Å². The Kier molecular flexibility index (Phi) is 6.47. The number of halogens is 1. The Bertz CT molecular complexity index is 497. The van der Waals surface area contributed by atoms with Crippen molar-refractivity contribution in [3.8, 4) is 0 Å². The van der Waals surface area contributed by atoms with Gasteiger partial charge in [0.2, 0.25) is 8.32 Å². The lowest BCUT2D eigenvalue weighted by atomic mass is 10.0. The maximum absolute atomic E-state index is 13.3. The molecule has 1 N–H and O–H groups in total. The molecule has 0 amide bonds. The zero-order valence-corrected chi connectivity index (χ0v) is 15.9. The van der Waals surface area contributed by atoms with Gasteiger partial charge in [-0.1, -0.05) is 50.7 Å². The van der Waals surface area contributed by atoms with Gasteiger partial charge in [0.15, 0.2) is 0 Å². The Morgan fingerprint density at radius 3 is 2.25 bits per heavy atom. The largest absolute Gasteiger partial charge is 0.427 e. The van der Waals surface area contributed by atoms with E-state index >= 15 is 0 Å². The molecule has 2 nitrogen and oxygen atoms in total. The molecule has 2 fully saturated rings. The lowest BCUT2D eigenvalue weighted by molar-refractivity contribution is 0.228. The highest BCUT2D eigenvalue weighted by atomic mass is 28.4. The summed E-state index contributed by atoms with van der Waals surface area (Å²) in [7, 11) is -2.53. The summed E-state index contributed by atoms with van der Waals surface area (Å²) in [4.78, 5) is 14.3. The lowest BCUT2D eigenvalue weighted by Crippen LogP contribution is -2.53. The molecule has 134 valence electrons. The maximum atomic E-state index is 13.3. The second kappa shape index (κ2) is 8.59. The van der Waals surface area contributed by atoms with Gasteiger partial charge in [-0.15, -0.1) is 0 Å². The van der Waals surface area contributed by atoms with E-state index in [0.717, 1.165) is 37.0 Å². The Hall–Kier alpha value is -0.713. The van der Waals surface area contributed by atoms with E-state index in [1.54, 1.807) is 0 Å². The van der Waals surface area contributed by atoms with Crippen molar-refractivity contribution in [3.05, 3.63) is 30.1 Å². The second-order valence-electron chi connectivity index (χ2n) is 7.77. The molecule has 1 aliphatic heterocycles. The zero-order chi connectivity index (χ0) is 16.8. The summed E-state index contributed by atoms with van der Waals surface area (Å²) in [6, 6.07) is 7.70. The van der Waals surface area contributed by atoms with Crippen LogP contribution in [0.1, 0.15) is 57.8 Å². The quantitative estimate of drug-likeness (QED) is 0.779. The highest BCUT2D eigenvalue weighted by Crippen LogP contribution is 2.38. The van der Waals surface area contributed by atoms with Crippen LogP contribution >= 0.6 is 0 Å². The molecule has 4 heteroatoms. The molecule has 3 rings (SSSR count). The predicted molar refractivity (Wildman–Crippen MR) is 101 cm³/mol. The number of nitrogens with zero attached hydrogens (tertiary/aromatic N) is 1. The first kappa shape index (κ1) is 18.1. The first-order chi connectivity index (χ1) is 11.7. The summed E-state index contributed by atoms with van der Waals surface area (Å²) in [6.07, 6.45) is 11.2. The number of benzene rings is 1. The van der Waals surface area contributed by atoms with Crippen molar-refractivity contribution < 1.29 is 9.19 Å². The lowest BCUT2D eigenvalue weighted by Gasteiger charge is -2.37. The summed E-state index contributed by atoms with van der Waals surface area (Å²) in [6.45, 7) is 3.56. The number of hydrogen-bond donors (Lipinski definition) is 1. The SMILES string of the molecule is O[Si@](CCCN1CCCCC1)(c1ccc(F)cc1)C1CCCCC1. The summed E-state index contributed by atoms with van der Waals surface area (Å²) < 4.78 is 13.3. The molecule has 1 aromatic carbocycles. The summed E-state index contributed by atoms with van der Waals surface area (Å²) in [5.74, 6) is -0.202. The number of hydrogen-bond acceptors (Lipinski definition) is 2. The van der Waals surface area contributed by atoms with Gasteiger partial charge in [0.25, 0.3) is 0 Å². The van der Waals surface area contributed by atoms with E-state index in [0.29, 0.717) is 5.54 Å². The van der Waals surface area contributed by atoms with Gasteiger partial charge >= 0.3 is 0 Å². The van der Waals surface area contributed by atoms with Crippen LogP contribution in [0.15, 0.2) is 24.3 Å². The van der Waals surface area contributed by atoms with Crippen LogP contribution in [-0.4, -0.2) is 37.6 Å². The van der Waals surface area contributed by atoms with Crippen LogP contribution in [0.4, 0.5) is 4.39 Å². The van der Waals surface area contributed by atoms with E-state index in [2.05, 4.69) is 4.90 Å². The third-order valence-corrected chi connectivity index (χ3v) is 10.5. The second-order valence-corrected chi connectivity index (χ2v) is 11.5. The number of piperidine rings is 1. The first-order valence-electron chi connectivity index (χ1n) is 9.89. The Labute approximate surface area is 147 Å². The smallest absolute Gasteiger partial charge is 0.223 e. The summed E-state index contributed by atoms with van der Waals surface area (Å²) in [5, 5.41) is 1.05. The molecule has 0 aromatic heterocycles. The Morgan fingerprint density at radius 1 is 0.958 bits per heavy atom. The monoisotopic (exact) mass is 349 g/mol. The third-order valence-electron chi connectivity index (χ3n) is 6.11. The molecule has 1 atom stereocenters. The van der Waals surface area contributed by atoms with Crippen molar-refractivity contribution in [3.63, 3.8) is 0 Å². The molecule has 1 aromatic rings. The fraction of sp³-hybridized carbons (Fsp3) is 0.700. The molecule has 0 radical (unpaired) electrons. The number of rotatable bonds is 6. The molecule has 1 saturated carbocycles. The topological polar surface area (TPSA) is 23.5 Å². The van der Waals surface area contributed by atoms with Crippen molar-refractivity contribution in [1.29, 1.82) is 0 Å². The minimum absolute atomic E-state index is 0.202. The predicted octanol–water partition coefficient (Wildman–Crippen LogP) is 4.18. The molecule has 1 aliphatic carbocycles. The summed E-state index contributed by atoms with van der Waals surface area (Å²) >= 11 is 0. The highest BCUT2D eigenvalue weighted by Gasteiger charge is 2.41. The van der Waals surface area contributed by atoms with E-state index in [4.69, 9.17) is 0 Å². The van der Waals surface area contributed by atoms with Gasteiger partial charge in [0, 0.05) is 0 Å². The summed E-state index contributed by atoms with van der Waals surface area (Å²) in [5.41, 5.74) is 0.457. The van der Waals surface area contributed by atoms with Gasteiger partial charge in [-0.3, -0.25) is 0 Å². The zero-order valence-electron chi connectivity index (χ0n) is 14.9. The van der Waals surface area contributed by atoms with E-state index in [1.807, 2.05) is 12.1 Å². The van der Waals surface area contributed by atoms with Crippen LogP contribution in [0.2, 0.25) is 11.6 Å². The molecule has 2 aliphatic rings. The number of likely N-dealkylation sites (tertiary alicyclic amines) is 1. The van der Waals surface area contributed by atoms with Gasteiger partial charge < -0.3 is 9.70 Å². The highest BCUT2D eigenvalue weighted by molar-refractivity contribution is 6.86. The maximum Gasteiger partial charge on any atom is 0.223 e. The molecular weight excluding hydrogens is 317 g/mol. The van der Waals surface area contributed by atoms with Crippen LogP contribution in [-0.2, 0) is 0 Å². The van der Waals surface area contributed by atoms with Crippen LogP contribution in [0.25, 0.3) is 0 Å². The molecule has 0 unspecified atom stereocenters. The van der Waals surface area contributed by atoms with Gasteiger partial charge in [0.1, 0.15) is 5.82 Å². The van der Waals surface area contributed by atoms with Gasteiger partial charge in [-0.25, -0.2) is 4.39 Å². The Morgan fingerprint density at radius 2 is 1.58 bits per heavy atom. The first-order valence-corrected chi connectivity index (χ1v) is 12.1. The van der Waals surface area contributed by atoms with Crippen molar-refractivity contribution in [1.82, 2.24) is 4.90 Å². The fourth-order valence-electron chi connectivity index (χ4n) is 4.66. The van der Waals surface area contributed by atoms with Crippen LogP contribution in [0.3, 0.4) is 0 Å². The molecule has 0 bridgehead atoms. The average molecular weight is 350 g/mol. The Balaban J connectivity index is 1.67. The standard InChI is InChI=1S/C20H32FNOSi/c21-18-10-12-20(13-11-18)24(23,19-8-3-1-4-9-19)17-7-16-22-14-5-2-6-15-22/h10-13,19,23H,1-9,14-17H2/t24-/m0/s1. The molecule has 24 heavy (non-hydrogen) atoms. The molecular formula is C20H32FNOSi. The van der Waals surface area contributed by atoms with E-state index in [9.17, 15) is 9.19 Å². The minimum Gasteiger partial charge on any atom is -0.427 e. The molecule has 1 saturated heterocycles. The molecule has 1 heterocycles. The van der Waals surface area contributed by atoms with Crippen molar-refractivity contribution in [2.24, 2.45) is 0 Å². The van der Waals surface area contributed by atoms with Crippen LogP contribution in [0.5, 0.6) is 0 Å². The van der Waals surface area contributed by atoms with Crippen molar-refractivity contribution in [2.75, 3.05) is 19.6 Å². The van der Waals surface area contributed by atoms with Gasteiger partial charge in [-0.05, 0) is 67.8 Å². The third kappa shape index (κ3) is 4.47. The van der Waals surface area contributed by atoms with Gasteiger partial charge in [0.05, 0.1) is 0 Å². The van der Waals surface area contributed by atoms with E-state index < -0.39 is 8.32 Å². The minimum atomic E-state index is -2.53. The molecule has 0 spiro atoms.